The maximum Gasteiger partial charge on any atom is 0.0514 e. The monoisotopic (exact) mass is 206 g/mol. The van der Waals surface area contributed by atoms with Gasteiger partial charge in [-0.15, -0.1) is 23.7 Å². The van der Waals surface area contributed by atoms with E-state index in [2.05, 4.69) is 19.1 Å². The van der Waals surface area contributed by atoms with E-state index in [4.69, 9.17) is 11.5 Å². The summed E-state index contributed by atoms with van der Waals surface area (Å²) in [6.07, 6.45) is 1.09. The molecule has 1 aromatic rings. The van der Waals surface area contributed by atoms with E-state index in [9.17, 15) is 0 Å². The van der Waals surface area contributed by atoms with Crippen LogP contribution < -0.4 is 11.5 Å². The number of thiophene rings is 1. The van der Waals surface area contributed by atoms with Crippen LogP contribution in [-0.2, 0) is 6.42 Å². The lowest BCUT2D eigenvalue weighted by atomic mass is 10.2. The van der Waals surface area contributed by atoms with Crippen molar-refractivity contribution in [1.29, 1.82) is 0 Å². The predicted molar refractivity (Wildman–Crippen MR) is 56.9 cm³/mol. The van der Waals surface area contributed by atoms with Gasteiger partial charge in [-0.3, -0.25) is 0 Å². The van der Waals surface area contributed by atoms with Gasteiger partial charge in [0.2, 0.25) is 0 Å². The lowest BCUT2D eigenvalue weighted by Crippen LogP contribution is -2.19. The molecular formula is C8H15ClN2S. The Kier molecular flexibility index (Phi) is 5.50. The lowest BCUT2D eigenvalue weighted by molar-refractivity contribution is 0.752. The molecule has 1 aromatic heterocycles. The highest BCUT2D eigenvalue weighted by Crippen LogP contribution is 2.21. The Morgan fingerprint density at radius 1 is 1.50 bits per heavy atom. The Hall–Kier alpha value is -0.0900. The van der Waals surface area contributed by atoms with Gasteiger partial charge in [0.05, 0.1) is 6.04 Å². The molecule has 0 aliphatic heterocycles. The van der Waals surface area contributed by atoms with Crippen molar-refractivity contribution in [1.82, 2.24) is 0 Å². The van der Waals surface area contributed by atoms with E-state index < -0.39 is 0 Å². The molecule has 70 valence electrons. The summed E-state index contributed by atoms with van der Waals surface area (Å²) in [5.74, 6) is 0. The normalized spacial score (nSPS) is 12.2. The summed E-state index contributed by atoms with van der Waals surface area (Å²) in [7, 11) is 0. The fourth-order valence-corrected chi connectivity index (χ4v) is 1.87. The van der Waals surface area contributed by atoms with Gasteiger partial charge >= 0.3 is 0 Å². The molecule has 0 saturated carbocycles. The maximum absolute atomic E-state index is 5.75. The van der Waals surface area contributed by atoms with Gasteiger partial charge in [0.25, 0.3) is 0 Å². The van der Waals surface area contributed by atoms with Crippen molar-refractivity contribution in [3.63, 3.8) is 0 Å². The molecule has 0 aliphatic rings. The molecule has 0 aliphatic carbocycles. The summed E-state index contributed by atoms with van der Waals surface area (Å²) in [4.78, 5) is 2.58. The first-order chi connectivity index (χ1) is 5.27. The smallest absolute Gasteiger partial charge is 0.0514 e. The molecule has 0 amide bonds. The molecule has 0 spiro atoms. The van der Waals surface area contributed by atoms with Gasteiger partial charge in [-0.05, 0) is 18.6 Å². The number of hydrogen-bond donors (Lipinski definition) is 2. The van der Waals surface area contributed by atoms with Crippen LogP contribution >= 0.6 is 23.7 Å². The quantitative estimate of drug-likeness (QED) is 0.791. The van der Waals surface area contributed by atoms with E-state index in [0.717, 1.165) is 6.42 Å². The molecule has 0 aromatic carbocycles. The highest BCUT2D eigenvalue weighted by molar-refractivity contribution is 7.12. The third-order valence-corrected chi connectivity index (χ3v) is 3.01. The van der Waals surface area contributed by atoms with Gasteiger partial charge in [0.15, 0.2) is 0 Å². The molecule has 0 radical (unpaired) electrons. The Labute approximate surface area is 83.4 Å². The average Bonchev–Trinajstić information content (AvgIpc) is 2.50. The zero-order chi connectivity index (χ0) is 8.27. The summed E-state index contributed by atoms with van der Waals surface area (Å²) in [6, 6.07) is 4.22. The molecule has 1 atom stereocenters. The molecule has 0 bridgehead atoms. The minimum Gasteiger partial charge on any atom is -0.329 e. The number of aryl methyl sites for hydroxylation is 1. The second-order valence-electron chi connectivity index (χ2n) is 2.50. The van der Waals surface area contributed by atoms with Gasteiger partial charge in [0, 0.05) is 16.3 Å². The van der Waals surface area contributed by atoms with Crippen LogP contribution in [0.25, 0.3) is 0 Å². The summed E-state index contributed by atoms with van der Waals surface area (Å²) < 4.78 is 0. The molecule has 1 rings (SSSR count). The van der Waals surface area contributed by atoms with Crippen LogP contribution in [0.3, 0.4) is 0 Å². The van der Waals surface area contributed by atoms with Crippen LogP contribution in [0.5, 0.6) is 0 Å². The van der Waals surface area contributed by atoms with Crippen LogP contribution in [0.4, 0.5) is 0 Å². The van der Waals surface area contributed by atoms with E-state index in [1.54, 1.807) is 11.3 Å². The Bertz CT molecular complexity index is 225. The largest absolute Gasteiger partial charge is 0.329 e. The zero-order valence-electron chi connectivity index (χ0n) is 7.12. The summed E-state index contributed by atoms with van der Waals surface area (Å²) in [6.45, 7) is 2.67. The lowest BCUT2D eigenvalue weighted by Gasteiger charge is -2.03. The molecule has 4 heteroatoms. The van der Waals surface area contributed by atoms with Crippen LogP contribution in [0.15, 0.2) is 12.1 Å². The van der Waals surface area contributed by atoms with Crippen molar-refractivity contribution in [2.45, 2.75) is 19.4 Å². The third kappa shape index (κ3) is 2.75. The summed E-state index contributed by atoms with van der Waals surface area (Å²) >= 11 is 1.76. The van der Waals surface area contributed by atoms with Crippen molar-refractivity contribution in [2.75, 3.05) is 6.54 Å². The van der Waals surface area contributed by atoms with Gasteiger partial charge in [-0.25, -0.2) is 0 Å². The Balaban J connectivity index is 0.00000121. The fraction of sp³-hybridized carbons (Fsp3) is 0.500. The van der Waals surface area contributed by atoms with Crippen molar-refractivity contribution >= 4 is 23.7 Å². The Morgan fingerprint density at radius 3 is 2.58 bits per heavy atom. The minimum absolute atomic E-state index is 0. The fourth-order valence-electron chi connectivity index (χ4n) is 0.900. The first-order valence-electron chi connectivity index (χ1n) is 3.82. The zero-order valence-corrected chi connectivity index (χ0v) is 8.75. The SMILES string of the molecule is CCc1ccc([C@H](N)CN)s1.Cl. The standard InChI is InChI=1S/C8H14N2S.ClH/c1-2-6-3-4-8(11-6)7(10)5-9;/h3-4,7H,2,5,9-10H2,1H3;1H/t7-;/m1./s1. The van der Waals surface area contributed by atoms with Crippen molar-refractivity contribution in [3.8, 4) is 0 Å². The number of hydrogen-bond acceptors (Lipinski definition) is 3. The van der Waals surface area contributed by atoms with E-state index in [0.29, 0.717) is 6.54 Å². The van der Waals surface area contributed by atoms with E-state index in [1.165, 1.54) is 9.75 Å². The van der Waals surface area contributed by atoms with Crippen LogP contribution in [0.2, 0.25) is 0 Å². The maximum atomic E-state index is 5.75. The first-order valence-corrected chi connectivity index (χ1v) is 4.63. The molecule has 4 N–H and O–H groups in total. The van der Waals surface area contributed by atoms with Crippen LogP contribution in [-0.4, -0.2) is 6.54 Å². The van der Waals surface area contributed by atoms with E-state index in [-0.39, 0.29) is 18.4 Å². The molecule has 0 saturated heterocycles. The number of rotatable bonds is 3. The van der Waals surface area contributed by atoms with Gasteiger partial charge in [0.1, 0.15) is 0 Å². The predicted octanol–water partition coefficient (Wildman–Crippen LogP) is 1.69. The number of halogens is 1. The first kappa shape index (κ1) is 11.9. The van der Waals surface area contributed by atoms with Gasteiger partial charge in [-0.2, -0.15) is 0 Å². The van der Waals surface area contributed by atoms with Crippen LogP contribution in [0.1, 0.15) is 22.7 Å². The molecule has 0 fully saturated rings. The highest BCUT2D eigenvalue weighted by atomic mass is 35.5. The topological polar surface area (TPSA) is 52.0 Å². The van der Waals surface area contributed by atoms with Crippen molar-refractivity contribution < 1.29 is 0 Å². The average molecular weight is 207 g/mol. The number of nitrogens with two attached hydrogens (primary N) is 2. The molecule has 0 unspecified atom stereocenters. The molecule has 2 nitrogen and oxygen atoms in total. The third-order valence-electron chi connectivity index (χ3n) is 1.65. The van der Waals surface area contributed by atoms with Gasteiger partial charge in [-0.1, -0.05) is 6.92 Å². The van der Waals surface area contributed by atoms with Crippen LogP contribution in [0, 0.1) is 0 Å². The van der Waals surface area contributed by atoms with Crippen molar-refractivity contribution in [2.24, 2.45) is 11.5 Å². The molecular weight excluding hydrogens is 192 g/mol. The second-order valence-corrected chi connectivity index (χ2v) is 3.70. The summed E-state index contributed by atoms with van der Waals surface area (Å²) in [5.41, 5.74) is 11.2. The molecule has 1 heterocycles. The second kappa shape index (κ2) is 5.54. The minimum atomic E-state index is 0. The van der Waals surface area contributed by atoms with Crippen molar-refractivity contribution in [3.05, 3.63) is 21.9 Å². The van der Waals surface area contributed by atoms with E-state index >= 15 is 0 Å². The van der Waals surface area contributed by atoms with E-state index in [1.807, 2.05) is 0 Å². The summed E-state index contributed by atoms with van der Waals surface area (Å²) in [5, 5.41) is 0. The molecule has 12 heavy (non-hydrogen) atoms. The highest BCUT2D eigenvalue weighted by Gasteiger charge is 2.05. The van der Waals surface area contributed by atoms with Gasteiger partial charge < -0.3 is 11.5 Å². The Morgan fingerprint density at radius 2 is 2.17 bits per heavy atom.